The third kappa shape index (κ3) is 2.48. The fourth-order valence-corrected chi connectivity index (χ4v) is 1.34. The molecule has 0 saturated carbocycles. The van der Waals surface area contributed by atoms with E-state index < -0.39 is 11.5 Å². The predicted molar refractivity (Wildman–Crippen MR) is 63.4 cm³/mol. The van der Waals surface area contributed by atoms with Crippen LogP contribution in [0.25, 0.3) is 12.2 Å². The second kappa shape index (κ2) is 5.11. The molecule has 0 bridgehead atoms. The number of allylic oxidation sites excluding steroid dienone is 1. The first-order chi connectivity index (χ1) is 7.60. The molecule has 0 fully saturated rings. The molecule has 0 radical (unpaired) electrons. The largest absolute Gasteiger partial charge is 0.478 e. The summed E-state index contributed by atoms with van der Waals surface area (Å²) >= 11 is 0. The van der Waals surface area contributed by atoms with Crippen LogP contribution in [0.15, 0.2) is 23.5 Å². The lowest BCUT2D eigenvalue weighted by Gasteiger charge is -2.04. The maximum absolute atomic E-state index is 11.2. The molecule has 0 atom stereocenters. The Labute approximate surface area is 92.9 Å². The maximum atomic E-state index is 11.2. The van der Waals surface area contributed by atoms with E-state index in [1.807, 2.05) is 13.0 Å². The number of carbonyl (C=O) groups is 1. The Kier molecular flexibility index (Phi) is 3.83. The van der Waals surface area contributed by atoms with Gasteiger partial charge in [-0.3, -0.25) is 4.79 Å². The molecule has 4 nitrogen and oxygen atoms in total. The quantitative estimate of drug-likeness (QED) is 0.815. The first-order valence-corrected chi connectivity index (χ1v) is 4.89. The summed E-state index contributed by atoms with van der Waals surface area (Å²) in [7, 11) is 0. The summed E-state index contributed by atoms with van der Waals surface area (Å²) in [5.74, 6) is -1.12. The van der Waals surface area contributed by atoms with E-state index >= 15 is 0 Å². The van der Waals surface area contributed by atoms with Crippen molar-refractivity contribution in [2.24, 2.45) is 0 Å². The zero-order chi connectivity index (χ0) is 12.1. The topological polar surface area (TPSA) is 70.2 Å². The molecule has 0 aromatic carbocycles. The van der Waals surface area contributed by atoms with Crippen molar-refractivity contribution in [1.29, 1.82) is 0 Å². The van der Waals surface area contributed by atoms with Crippen LogP contribution in [0, 0.1) is 0 Å². The highest BCUT2D eigenvalue weighted by Crippen LogP contribution is 2.14. The highest BCUT2D eigenvalue weighted by Gasteiger charge is 2.12. The Morgan fingerprint density at radius 1 is 1.62 bits per heavy atom. The molecule has 0 amide bonds. The Morgan fingerprint density at radius 3 is 2.81 bits per heavy atom. The van der Waals surface area contributed by atoms with E-state index in [2.05, 4.69) is 11.6 Å². The van der Waals surface area contributed by atoms with E-state index in [1.54, 1.807) is 6.08 Å². The highest BCUT2D eigenvalue weighted by molar-refractivity contribution is 5.93. The van der Waals surface area contributed by atoms with Gasteiger partial charge >= 0.3 is 5.97 Å². The third-order valence-corrected chi connectivity index (χ3v) is 2.07. The Balaban J connectivity index is 3.50. The standard InChI is InChI=1S/C12H13NO3/c1-3-5-6-8-9(12(15)16)7-11(14)13-10(8)4-2/h4-7H,2-3H2,1H3,(H,13,14)(H,15,16)/b6-5-. The van der Waals surface area contributed by atoms with Crippen molar-refractivity contribution in [3.8, 4) is 0 Å². The lowest BCUT2D eigenvalue weighted by molar-refractivity contribution is 0.0696. The molecular formula is C12H13NO3. The van der Waals surface area contributed by atoms with Gasteiger partial charge in [0.15, 0.2) is 0 Å². The lowest BCUT2D eigenvalue weighted by atomic mass is 10.1. The zero-order valence-corrected chi connectivity index (χ0v) is 8.99. The Bertz CT molecular complexity index is 497. The van der Waals surface area contributed by atoms with Crippen LogP contribution in [-0.2, 0) is 0 Å². The number of nitrogens with one attached hydrogen (secondary N) is 1. The molecule has 1 aromatic rings. The molecule has 1 aromatic heterocycles. The number of H-pyrrole nitrogens is 1. The molecule has 4 heteroatoms. The van der Waals surface area contributed by atoms with E-state index in [9.17, 15) is 9.59 Å². The van der Waals surface area contributed by atoms with Gasteiger partial charge < -0.3 is 10.1 Å². The highest BCUT2D eigenvalue weighted by atomic mass is 16.4. The molecule has 1 heterocycles. The number of aromatic carboxylic acids is 1. The second-order valence-corrected chi connectivity index (χ2v) is 3.19. The SMILES string of the molecule is C=Cc1[nH]c(=O)cc(C(=O)O)c1/C=C\CC. The number of carboxylic acid groups (broad SMARTS) is 1. The fourth-order valence-electron chi connectivity index (χ4n) is 1.34. The van der Waals surface area contributed by atoms with Crippen molar-refractivity contribution >= 4 is 18.1 Å². The fraction of sp³-hybridized carbons (Fsp3) is 0.167. The molecular weight excluding hydrogens is 206 g/mol. The summed E-state index contributed by atoms with van der Waals surface area (Å²) in [6.07, 6.45) is 5.72. The average Bonchev–Trinajstić information content (AvgIpc) is 2.26. The van der Waals surface area contributed by atoms with Crippen LogP contribution in [0.2, 0.25) is 0 Å². The molecule has 0 saturated heterocycles. The van der Waals surface area contributed by atoms with Crippen molar-refractivity contribution in [3.63, 3.8) is 0 Å². The Morgan fingerprint density at radius 2 is 2.31 bits per heavy atom. The molecule has 0 aliphatic rings. The number of aromatic amines is 1. The summed E-state index contributed by atoms with van der Waals surface area (Å²) in [4.78, 5) is 24.7. The van der Waals surface area contributed by atoms with Crippen LogP contribution in [0.4, 0.5) is 0 Å². The van der Waals surface area contributed by atoms with Gasteiger partial charge in [0, 0.05) is 17.3 Å². The number of rotatable bonds is 4. The van der Waals surface area contributed by atoms with Crippen molar-refractivity contribution in [2.45, 2.75) is 13.3 Å². The van der Waals surface area contributed by atoms with Crippen molar-refractivity contribution in [2.75, 3.05) is 0 Å². The number of hydrogen-bond acceptors (Lipinski definition) is 2. The molecule has 16 heavy (non-hydrogen) atoms. The number of pyridine rings is 1. The number of aromatic nitrogens is 1. The van der Waals surface area contributed by atoms with Gasteiger partial charge in [0.2, 0.25) is 5.56 Å². The molecule has 0 unspecified atom stereocenters. The normalized spacial score (nSPS) is 10.6. The van der Waals surface area contributed by atoms with Gasteiger partial charge in [-0.2, -0.15) is 0 Å². The number of carboxylic acids is 1. The zero-order valence-electron chi connectivity index (χ0n) is 8.99. The van der Waals surface area contributed by atoms with Gasteiger partial charge in [-0.05, 0) is 12.5 Å². The van der Waals surface area contributed by atoms with Gasteiger partial charge in [-0.1, -0.05) is 25.7 Å². The van der Waals surface area contributed by atoms with Crippen LogP contribution in [0.3, 0.4) is 0 Å². The second-order valence-electron chi connectivity index (χ2n) is 3.19. The van der Waals surface area contributed by atoms with Crippen molar-refractivity contribution in [1.82, 2.24) is 4.98 Å². The summed E-state index contributed by atoms with van der Waals surface area (Å²) in [6, 6.07) is 1.07. The van der Waals surface area contributed by atoms with Crippen LogP contribution in [0.1, 0.15) is 35.0 Å². The first-order valence-electron chi connectivity index (χ1n) is 4.89. The van der Waals surface area contributed by atoms with Crippen LogP contribution in [-0.4, -0.2) is 16.1 Å². The van der Waals surface area contributed by atoms with Crippen molar-refractivity contribution in [3.05, 3.63) is 45.9 Å². The summed E-state index contributed by atoms with van der Waals surface area (Å²) in [5, 5.41) is 8.99. The van der Waals surface area contributed by atoms with Gasteiger partial charge in [-0.25, -0.2) is 4.79 Å². The van der Waals surface area contributed by atoms with E-state index in [4.69, 9.17) is 5.11 Å². The summed E-state index contributed by atoms with van der Waals surface area (Å²) < 4.78 is 0. The molecule has 84 valence electrons. The average molecular weight is 219 g/mol. The van der Waals surface area contributed by atoms with Crippen LogP contribution in [0.5, 0.6) is 0 Å². The van der Waals surface area contributed by atoms with Crippen molar-refractivity contribution < 1.29 is 9.90 Å². The molecule has 1 rings (SSSR count). The van der Waals surface area contributed by atoms with Gasteiger partial charge in [-0.15, -0.1) is 0 Å². The van der Waals surface area contributed by atoms with Crippen LogP contribution < -0.4 is 5.56 Å². The Hall–Kier alpha value is -2.10. The third-order valence-electron chi connectivity index (χ3n) is 2.07. The predicted octanol–water partition coefficient (Wildman–Crippen LogP) is 2.14. The van der Waals surface area contributed by atoms with E-state index in [0.29, 0.717) is 11.3 Å². The minimum Gasteiger partial charge on any atom is -0.478 e. The minimum absolute atomic E-state index is 0.0108. The smallest absolute Gasteiger partial charge is 0.336 e. The number of hydrogen-bond donors (Lipinski definition) is 2. The molecule has 0 spiro atoms. The van der Waals surface area contributed by atoms with E-state index in [0.717, 1.165) is 12.5 Å². The van der Waals surface area contributed by atoms with Gasteiger partial charge in [0.05, 0.1) is 5.56 Å². The maximum Gasteiger partial charge on any atom is 0.336 e. The van der Waals surface area contributed by atoms with Gasteiger partial charge in [0.25, 0.3) is 0 Å². The monoisotopic (exact) mass is 219 g/mol. The van der Waals surface area contributed by atoms with E-state index in [1.165, 1.54) is 6.08 Å². The molecule has 0 aliphatic carbocycles. The molecule has 2 N–H and O–H groups in total. The summed E-state index contributed by atoms with van der Waals surface area (Å²) in [6.45, 7) is 5.48. The summed E-state index contributed by atoms with van der Waals surface area (Å²) in [5.41, 5.74) is 0.447. The first kappa shape index (κ1) is 12.0. The van der Waals surface area contributed by atoms with E-state index in [-0.39, 0.29) is 5.56 Å². The molecule has 0 aliphatic heterocycles. The lowest BCUT2D eigenvalue weighted by Crippen LogP contribution is -2.13. The van der Waals surface area contributed by atoms with Crippen LogP contribution >= 0.6 is 0 Å². The minimum atomic E-state index is -1.12. The van der Waals surface area contributed by atoms with Gasteiger partial charge in [0.1, 0.15) is 0 Å².